The van der Waals surface area contributed by atoms with Gasteiger partial charge in [-0.15, -0.1) is 0 Å². The van der Waals surface area contributed by atoms with Crippen molar-refractivity contribution < 1.29 is 27.6 Å². The Kier molecular flexibility index (Phi) is 4.12. The molecule has 0 fully saturated rings. The van der Waals surface area contributed by atoms with Gasteiger partial charge >= 0.3 is 12.1 Å². The van der Waals surface area contributed by atoms with Gasteiger partial charge in [-0.3, -0.25) is 10.1 Å². The Bertz CT molecular complexity index is 489. The van der Waals surface area contributed by atoms with Crippen molar-refractivity contribution >= 4 is 23.3 Å². The highest BCUT2D eigenvalue weighted by Crippen LogP contribution is 2.24. The molecule has 0 aliphatic carbocycles. The number of nitro benzene ring substituents is 1. The van der Waals surface area contributed by atoms with Crippen molar-refractivity contribution in [3.8, 4) is 0 Å². The summed E-state index contributed by atoms with van der Waals surface area (Å²) in [5.41, 5.74) is -0.695. The highest BCUT2D eigenvalue weighted by molar-refractivity contribution is 6.30. The molecule has 18 heavy (non-hydrogen) atoms. The lowest BCUT2D eigenvalue weighted by molar-refractivity contribution is -0.385. The van der Waals surface area contributed by atoms with Crippen LogP contribution in [0.2, 0.25) is 5.02 Å². The molecule has 0 bridgehead atoms. The highest BCUT2D eigenvalue weighted by Gasteiger charge is 2.41. The molecule has 1 rings (SSSR count). The number of carbonyl (C=O) groups excluding carboxylic acids is 1. The van der Waals surface area contributed by atoms with E-state index in [-0.39, 0.29) is 10.6 Å². The van der Waals surface area contributed by atoms with Gasteiger partial charge in [0.25, 0.3) is 5.69 Å². The molecule has 0 unspecified atom stereocenters. The van der Waals surface area contributed by atoms with Crippen LogP contribution in [0.4, 0.5) is 18.9 Å². The first-order valence-electron chi connectivity index (χ1n) is 4.38. The van der Waals surface area contributed by atoms with Crippen molar-refractivity contribution in [3.63, 3.8) is 0 Å². The van der Waals surface area contributed by atoms with Crippen molar-refractivity contribution in [2.45, 2.75) is 12.8 Å². The number of carbonyl (C=O) groups is 1. The molecular weight excluding hydrogens is 279 g/mol. The molecule has 0 saturated carbocycles. The molecule has 0 aliphatic heterocycles. The summed E-state index contributed by atoms with van der Waals surface area (Å²) in [5.74, 6) is -2.42. The van der Waals surface area contributed by atoms with E-state index in [2.05, 4.69) is 4.74 Å². The summed E-state index contributed by atoms with van der Waals surface area (Å²) in [5, 5.41) is 10.7. The number of nitrogens with zero attached hydrogens (tertiary/aromatic N) is 1. The topological polar surface area (TPSA) is 69.4 Å². The van der Waals surface area contributed by atoms with E-state index in [1.54, 1.807) is 0 Å². The van der Waals surface area contributed by atoms with Crippen LogP contribution >= 0.6 is 11.6 Å². The maximum atomic E-state index is 11.9. The summed E-state index contributed by atoms with van der Waals surface area (Å²) in [6, 6.07) is 3.28. The number of alkyl halides is 3. The molecule has 0 aliphatic rings. The second-order valence-electron chi connectivity index (χ2n) is 3.10. The van der Waals surface area contributed by atoms with Gasteiger partial charge in [0.2, 0.25) is 0 Å². The van der Waals surface area contributed by atoms with Gasteiger partial charge in [0, 0.05) is 11.1 Å². The second kappa shape index (κ2) is 5.21. The molecule has 1 aromatic rings. The first kappa shape index (κ1) is 14.2. The van der Waals surface area contributed by atoms with Crippen molar-refractivity contribution in [2.24, 2.45) is 0 Å². The largest absolute Gasteiger partial charge is 0.490 e. The van der Waals surface area contributed by atoms with Crippen molar-refractivity contribution in [3.05, 3.63) is 38.9 Å². The second-order valence-corrected chi connectivity index (χ2v) is 3.54. The van der Waals surface area contributed by atoms with Gasteiger partial charge in [0.15, 0.2) is 0 Å². The Morgan fingerprint density at radius 1 is 1.44 bits per heavy atom. The zero-order valence-corrected chi connectivity index (χ0v) is 9.29. The molecule has 0 radical (unpaired) electrons. The molecule has 9 heteroatoms. The smallest absolute Gasteiger partial charge is 0.454 e. The number of ether oxygens (including phenoxy) is 1. The molecule has 98 valence electrons. The Balaban J connectivity index is 2.87. The van der Waals surface area contributed by atoms with Gasteiger partial charge < -0.3 is 4.74 Å². The SMILES string of the molecule is O=C(OCc1cc(Cl)ccc1[N+](=O)[O-])C(F)(F)F. The molecule has 0 saturated heterocycles. The lowest BCUT2D eigenvalue weighted by Gasteiger charge is -2.07. The first-order valence-corrected chi connectivity index (χ1v) is 4.76. The number of hydrogen-bond acceptors (Lipinski definition) is 4. The predicted molar refractivity (Wildman–Crippen MR) is 54.0 cm³/mol. The number of esters is 1. The van der Waals surface area contributed by atoms with E-state index in [0.717, 1.165) is 12.1 Å². The van der Waals surface area contributed by atoms with Gasteiger partial charge in [-0.2, -0.15) is 13.2 Å². The van der Waals surface area contributed by atoms with Crippen LogP contribution in [0.25, 0.3) is 0 Å². The monoisotopic (exact) mass is 283 g/mol. The van der Waals surface area contributed by atoms with Crippen molar-refractivity contribution in [1.82, 2.24) is 0 Å². The quantitative estimate of drug-likeness (QED) is 0.486. The van der Waals surface area contributed by atoms with Gasteiger partial charge in [-0.05, 0) is 12.1 Å². The number of benzene rings is 1. The summed E-state index contributed by atoms with van der Waals surface area (Å²) in [4.78, 5) is 20.2. The van der Waals surface area contributed by atoms with Gasteiger partial charge in [0.1, 0.15) is 6.61 Å². The molecule has 0 amide bonds. The van der Waals surface area contributed by atoms with E-state index < -0.39 is 29.4 Å². The third kappa shape index (κ3) is 3.59. The van der Waals surface area contributed by atoms with Crippen LogP contribution in [-0.4, -0.2) is 17.1 Å². The van der Waals surface area contributed by atoms with E-state index in [1.807, 2.05) is 0 Å². The molecule has 0 spiro atoms. The summed E-state index contributed by atoms with van der Waals surface area (Å²) < 4.78 is 39.5. The molecule has 0 aromatic heterocycles. The number of nitro groups is 1. The Hall–Kier alpha value is -1.83. The summed E-state index contributed by atoms with van der Waals surface area (Å²) in [6.07, 6.45) is -5.15. The Labute approximate surface area is 103 Å². The molecule has 5 nitrogen and oxygen atoms in total. The minimum Gasteiger partial charge on any atom is -0.454 e. The number of rotatable bonds is 3. The average molecular weight is 284 g/mol. The average Bonchev–Trinajstić information content (AvgIpc) is 2.24. The fourth-order valence-corrected chi connectivity index (χ4v) is 1.27. The van der Waals surface area contributed by atoms with E-state index in [9.17, 15) is 28.1 Å². The van der Waals surface area contributed by atoms with E-state index >= 15 is 0 Å². The summed E-state index contributed by atoms with van der Waals surface area (Å²) in [7, 11) is 0. The number of halogens is 4. The van der Waals surface area contributed by atoms with Crippen LogP contribution in [-0.2, 0) is 16.1 Å². The third-order valence-corrected chi connectivity index (χ3v) is 2.06. The zero-order valence-electron chi connectivity index (χ0n) is 8.53. The predicted octanol–water partition coefficient (Wildman–Crippen LogP) is 2.85. The lowest BCUT2D eigenvalue weighted by Crippen LogP contribution is -2.25. The lowest BCUT2D eigenvalue weighted by atomic mass is 10.2. The van der Waals surface area contributed by atoms with E-state index in [4.69, 9.17) is 11.6 Å². The fourth-order valence-electron chi connectivity index (χ4n) is 1.07. The van der Waals surface area contributed by atoms with E-state index in [1.165, 1.54) is 6.07 Å². The Morgan fingerprint density at radius 2 is 2.06 bits per heavy atom. The maximum Gasteiger partial charge on any atom is 0.490 e. The third-order valence-electron chi connectivity index (χ3n) is 1.83. The molecule has 1 aromatic carbocycles. The molecule has 0 N–H and O–H groups in total. The highest BCUT2D eigenvalue weighted by atomic mass is 35.5. The summed E-state index contributed by atoms with van der Waals surface area (Å²) in [6.45, 7) is -0.880. The minimum absolute atomic E-state index is 0.0821. The zero-order chi connectivity index (χ0) is 13.9. The Morgan fingerprint density at radius 3 is 2.56 bits per heavy atom. The van der Waals surface area contributed by atoms with E-state index in [0.29, 0.717) is 0 Å². The number of hydrogen-bond donors (Lipinski definition) is 0. The molecule has 0 heterocycles. The minimum atomic E-state index is -5.15. The van der Waals surface area contributed by atoms with Crippen LogP contribution in [0.1, 0.15) is 5.56 Å². The fraction of sp³-hybridized carbons (Fsp3) is 0.222. The van der Waals surface area contributed by atoms with Gasteiger partial charge in [0.05, 0.1) is 10.5 Å². The van der Waals surface area contributed by atoms with Crippen LogP contribution in [0, 0.1) is 10.1 Å². The van der Waals surface area contributed by atoms with Crippen LogP contribution in [0.3, 0.4) is 0 Å². The normalized spacial score (nSPS) is 11.1. The van der Waals surface area contributed by atoms with Crippen LogP contribution in [0.15, 0.2) is 18.2 Å². The molecule has 0 atom stereocenters. The van der Waals surface area contributed by atoms with Crippen LogP contribution < -0.4 is 0 Å². The van der Waals surface area contributed by atoms with Gasteiger partial charge in [-0.25, -0.2) is 4.79 Å². The van der Waals surface area contributed by atoms with Crippen LogP contribution in [0.5, 0.6) is 0 Å². The standard InChI is InChI=1S/C9H5ClF3NO4/c10-6-1-2-7(14(16)17)5(3-6)4-18-8(15)9(11,12)13/h1-3H,4H2. The molecular formula is C9H5ClF3NO4. The van der Waals surface area contributed by atoms with Crippen molar-refractivity contribution in [2.75, 3.05) is 0 Å². The summed E-state index contributed by atoms with van der Waals surface area (Å²) >= 11 is 5.54. The van der Waals surface area contributed by atoms with Gasteiger partial charge in [-0.1, -0.05) is 11.6 Å². The maximum absolute atomic E-state index is 11.9. The first-order chi connectivity index (χ1) is 8.21. The van der Waals surface area contributed by atoms with Crippen molar-refractivity contribution in [1.29, 1.82) is 0 Å².